The predicted octanol–water partition coefficient (Wildman–Crippen LogP) is 2.30. The van der Waals surface area contributed by atoms with Crippen LogP contribution in [0.4, 0.5) is 5.82 Å². The van der Waals surface area contributed by atoms with Gasteiger partial charge in [-0.2, -0.15) is 0 Å². The van der Waals surface area contributed by atoms with Crippen LogP contribution in [-0.4, -0.2) is 22.1 Å². The average molecular weight is 218 g/mol. The highest BCUT2D eigenvalue weighted by Gasteiger charge is 2.10. The average Bonchev–Trinajstić information content (AvgIpc) is 2.31. The fourth-order valence-electron chi connectivity index (χ4n) is 1.74. The van der Waals surface area contributed by atoms with Gasteiger partial charge in [0.2, 0.25) is 0 Å². The summed E-state index contributed by atoms with van der Waals surface area (Å²) < 4.78 is 0. The highest BCUT2D eigenvalue weighted by atomic mass is 16.4. The third kappa shape index (κ3) is 2.59. The number of pyridine rings is 1. The van der Waals surface area contributed by atoms with E-state index in [-0.39, 0.29) is 5.56 Å². The number of aromatic carboxylic acids is 1. The van der Waals surface area contributed by atoms with E-state index < -0.39 is 5.97 Å². The first kappa shape index (κ1) is 10.7. The second kappa shape index (κ2) is 4.79. The van der Waals surface area contributed by atoms with Crippen molar-refractivity contribution in [3.8, 4) is 0 Å². The molecule has 4 nitrogen and oxygen atoms in total. The van der Waals surface area contributed by atoms with Crippen molar-refractivity contribution in [1.29, 1.82) is 0 Å². The lowest BCUT2D eigenvalue weighted by Crippen LogP contribution is -2.20. The van der Waals surface area contributed by atoms with E-state index in [9.17, 15) is 4.79 Å². The number of anilines is 1. The molecule has 0 fully saturated rings. The van der Waals surface area contributed by atoms with E-state index in [0.717, 1.165) is 25.1 Å². The third-order valence-electron chi connectivity index (χ3n) is 2.63. The van der Waals surface area contributed by atoms with Gasteiger partial charge in [0.05, 0.1) is 5.56 Å². The van der Waals surface area contributed by atoms with Gasteiger partial charge in [-0.3, -0.25) is 0 Å². The summed E-state index contributed by atoms with van der Waals surface area (Å²) in [5, 5.41) is 12.0. The molecule has 4 heteroatoms. The first-order chi connectivity index (χ1) is 7.75. The van der Waals surface area contributed by atoms with Gasteiger partial charge in [-0.15, -0.1) is 0 Å². The molecule has 84 valence electrons. The molecule has 1 heterocycles. The maximum Gasteiger partial charge on any atom is 0.337 e. The molecule has 2 rings (SSSR count). The van der Waals surface area contributed by atoms with Gasteiger partial charge >= 0.3 is 5.97 Å². The van der Waals surface area contributed by atoms with Crippen LogP contribution in [-0.2, 0) is 0 Å². The van der Waals surface area contributed by atoms with Crippen LogP contribution in [0.25, 0.3) is 0 Å². The summed E-state index contributed by atoms with van der Waals surface area (Å²) in [6.45, 7) is 0. The fraction of sp³-hybridized carbons (Fsp3) is 0.333. The maximum absolute atomic E-state index is 10.6. The summed E-state index contributed by atoms with van der Waals surface area (Å²) in [4.78, 5) is 14.7. The Morgan fingerprint density at radius 2 is 2.31 bits per heavy atom. The molecule has 1 aliphatic carbocycles. The number of hydrogen-bond donors (Lipinski definition) is 2. The zero-order valence-corrected chi connectivity index (χ0v) is 8.89. The Bertz CT molecular complexity index is 398. The molecular formula is C12H14N2O2. The van der Waals surface area contributed by atoms with Crippen LogP contribution in [0.1, 0.15) is 29.6 Å². The highest BCUT2D eigenvalue weighted by Crippen LogP contribution is 2.15. The molecule has 1 aromatic rings. The molecule has 0 spiro atoms. The van der Waals surface area contributed by atoms with E-state index in [0.29, 0.717) is 6.04 Å². The molecule has 0 aliphatic heterocycles. The quantitative estimate of drug-likeness (QED) is 0.764. The minimum atomic E-state index is -0.945. The van der Waals surface area contributed by atoms with E-state index in [1.165, 1.54) is 6.20 Å². The molecule has 0 bridgehead atoms. The van der Waals surface area contributed by atoms with Crippen LogP contribution in [0, 0.1) is 0 Å². The van der Waals surface area contributed by atoms with Crippen LogP contribution in [0.15, 0.2) is 30.5 Å². The summed E-state index contributed by atoms with van der Waals surface area (Å²) in [7, 11) is 0. The molecule has 0 saturated heterocycles. The van der Waals surface area contributed by atoms with Crippen LogP contribution in [0.5, 0.6) is 0 Å². The number of nitrogens with one attached hydrogen (secondary N) is 1. The van der Waals surface area contributed by atoms with Crippen molar-refractivity contribution in [2.75, 3.05) is 5.32 Å². The summed E-state index contributed by atoms with van der Waals surface area (Å²) >= 11 is 0. The highest BCUT2D eigenvalue weighted by molar-refractivity contribution is 5.87. The van der Waals surface area contributed by atoms with Gasteiger partial charge in [-0.05, 0) is 31.4 Å². The summed E-state index contributed by atoms with van der Waals surface area (Å²) in [6.07, 6.45) is 8.90. The topological polar surface area (TPSA) is 62.2 Å². The normalized spacial score (nSPS) is 19.4. The van der Waals surface area contributed by atoms with Gasteiger partial charge in [-0.25, -0.2) is 9.78 Å². The Labute approximate surface area is 94.0 Å². The van der Waals surface area contributed by atoms with Crippen LogP contribution >= 0.6 is 0 Å². The number of carboxylic acid groups (broad SMARTS) is 1. The minimum absolute atomic E-state index is 0.217. The number of carboxylic acids is 1. The molecule has 1 aromatic heterocycles. The molecule has 16 heavy (non-hydrogen) atoms. The summed E-state index contributed by atoms with van der Waals surface area (Å²) in [5.74, 6) is -0.204. The molecule has 1 unspecified atom stereocenters. The molecule has 1 atom stereocenters. The van der Waals surface area contributed by atoms with Gasteiger partial charge in [0.1, 0.15) is 5.82 Å². The molecule has 0 saturated carbocycles. The number of carbonyl (C=O) groups is 1. The second-order valence-corrected chi connectivity index (χ2v) is 3.86. The summed E-state index contributed by atoms with van der Waals surface area (Å²) in [6, 6.07) is 3.69. The van der Waals surface area contributed by atoms with Crippen molar-refractivity contribution >= 4 is 11.8 Å². The van der Waals surface area contributed by atoms with Crippen LogP contribution in [0.2, 0.25) is 0 Å². The number of nitrogens with zero attached hydrogens (tertiary/aromatic N) is 1. The number of allylic oxidation sites excluding steroid dienone is 1. The van der Waals surface area contributed by atoms with E-state index in [2.05, 4.69) is 22.5 Å². The van der Waals surface area contributed by atoms with Crippen LogP contribution in [0.3, 0.4) is 0 Å². The number of rotatable bonds is 3. The molecule has 0 aromatic carbocycles. The van der Waals surface area contributed by atoms with Crippen LogP contribution < -0.4 is 5.32 Å². The zero-order valence-electron chi connectivity index (χ0n) is 8.89. The lowest BCUT2D eigenvalue weighted by Gasteiger charge is -2.19. The minimum Gasteiger partial charge on any atom is -0.478 e. The lowest BCUT2D eigenvalue weighted by molar-refractivity contribution is 0.0696. The van der Waals surface area contributed by atoms with Crippen molar-refractivity contribution in [3.05, 3.63) is 36.0 Å². The second-order valence-electron chi connectivity index (χ2n) is 3.86. The Morgan fingerprint density at radius 1 is 1.44 bits per heavy atom. The first-order valence-corrected chi connectivity index (χ1v) is 5.36. The monoisotopic (exact) mass is 218 g/mol. The van der Waals surface area contributed by atoms with Crippen molar-refractivity contribution in [2.45, 2.75) is 25.3 Å². The zero-order chi connectivity index (χ0) is 11.4. The molecule has 2 N–H and O–H groups in total. The largest absolute Gasteiger partial charge is 0.478 e. The van der Waals surface area contributed by atoms with Gasteiger partial charge in [-0.1, -0.05) is 12.2 Å². The smallest absolute Gasteiger partial charge is 0.337 e. The van der Waals surface area contributed by atoms with E-state index in [4.69, 9.17) is 5.11 Å². The van der Waals surface area contributed by atoms with Crippen molar-refractivity contribution in [2.24, 2.45) is 0 Å². The van der Waals surface area contributed by atoms with Gasteiger partial charge in [0.25, 0.3) is 0 Å². The van der Waals surface area contributed by atoms with E-state index >= 15 is 0 Å². The maximum atomic E-state index is 10.6. The standard InChI is InChI=1S/C12H14N2O2/c15-12(16)9-6-7-11(13-8-9)14-10-4-2-1-3-5-10/h1-2,6-8,10H,3-5H2,(H,13,14)(H,15,16). The molecule has 0 radical (unpaired) electrons. The molecule has 0 amide bonds. The van der Waals surface area contributed by atoms with Crippen molar-refractivity contribution in [1.82, 2.24) is 4.98 Å². The lowest BCUT2D eigenvalue weighted by atomic mass is 10.0. The third-order valence-corrected chi connectivity index (χ3v) is 2.63. The molecular weight excluding hydrogens is 204 g/mol. The number of hydrogen-bond acceptors (Lipinski definition) is 3. The first-order valence-electron chi connectivity index (χ1n) is 5.36. The van der Waals surface area contributed by atoms with E-state index in [1.54, 1.807) is 12.1 Å². The fourth-order valence-corrected chi connectivity index (χ4v) is 1.74. The Hall–Kier alpha value is -1.84. The van der Waals surface area contributed by atoms with Gasteiger partial charge in [0.15, 0.2) is 0 Å². The Kier molecular flexibility index (Phi) is 3.19. The Balaban J connectivity index is 1.99. The van der Waals surface area contributed by atoms with Gasteiger partial charge in [0, 0.05) is 12.2 Å². The van der Waals surface area contributed by atoms with Gasteiger partial charge < -0.3 is 10.4 Å². The molecule has 1 aliphatic rings. The summed E-state index contributed by atoms with van der Waals surface area (Å²) in [5.41, 5.74) is 0.217. The van der Waals surface area contributed by atoms with E-state index in [1.807, 2.05) is 0 Å². The Morgan fingerprint density at radius 3 is 2.88 bits per heavy atom. The van der Waals surface area contributed by atoms with Crippen molar-refractivity contribution < 1.29 is 9.90 Å². The van der Waals surface area contributed by atoms with Crippen molar-refractivity contribution in [3.63, 3.8) is 0 Å². The SMILES string of the molecule is O=C(O)c1ccc(NC2CC=CCC2)nc1. The number of aromatic nitrogens is 1. The predicted molar refractivity (Wildman–Crippen MR) is 61.6 cm³/mol.